The van der Waals surface area contributed by atoms with Crippen molar-refractivity contribution in [1.82, 2.24) is 0 Å². The second kappa shape index (κ2) is 5.36. The van der Waals surface area contributed by atoms with Gasteiger partial charge in [-0.15, -0.1) is 0 Å². The number of ether oxygens (including phenoxy) is 2. The van der Waals surface area contributed by atoms with Gasteiger partial charge in [-0.1, -0.05) is 18.2 Å². The maximum absolute atomic E-state index is 12.0. The van der Waals surface area contributed by atoms with E-state index in [1.54, 1.807) is 18.2 Å². The van der Waals surface area contributed by atoms with Crippen molar-refractivity contribution in [3.63, 3.8) is 0 Å². The summed E-state index contributed by atoms with van der Waals surface area (Å²) in [5.74, 6) is 0.480. The number of esters is 1. The second-order valence-electron chi connectivity index (χ2n) is 5.03. The van der Waals surface area contributed by atoms with Crippen LogP contribution in [0.4, 0.5) is 11.4 Å². The van der Waals surface area contributed by atoms with Crippen LogP contribution in [0.1, 0.15) is 21.8 Å². The Balaban J connectivity index is 1.67. The fourth-order valence-corrected chi connectivity index (χ4v) is 2.42. The number of carbonyl (C=O) groups is 1. The van der Waals surface area contributed by atoms with E-state index in [-0.39, 0.29) is 12.5 Å². The van der Waals surface area contributed by atoms with Crippen LogP contribution in [0.3, 0.4) is 0 Å². The van der Waals surface area contributed by atoms with Gasteiger partial charge in [0.2, 0.25) is 0 Å². The van der Waals surface area contributed by atoms with E-state index in [0.717, 1.165) is 11.3 Å². The van der Waals surface area contributed by atoms with Crippen molar-refractivity contribution >= 4 is 17.3 Å². The summed E-state index contributed by atoms with van der Waals surface area (Å²) in [5.41, 5.74) is 13.7. The summed E-state index contributed by atoms with van der Waals surface area (Å²) in [7, 11) is 0. The molecule has 0 fully saturated rings. The number of fused-ring (bicyclic) bond motifs is 1. The van der Waals surface area contributed by atoms with Gasteiger partial charge in [-0.25, -0.2) is 4.79 Å². The van der Waals surface area contributed by atoms with Gasteiger partial charge < -0.3 is 20.9 Å². The van der Waals surface area contributed by atoms with E-state index in [9.17, 15) is 4.79 Å². The minimum Gasteiger partial charge on any atom is -0.493 e. The molecule has 0 saturated carbocycles. The lowest BCUT2D eigenvalue weighted by Gasteiger charge is -2.10. The van der Waals surface area contributed by atoms with Gasteiger partial charge in [0, 0.05) is 16.9 Å². The Kier molecular flexibility index (Phi) is 3.39. The molecule has 1 aliphatic heterocycles. The first kappa shape index (κ1) is 13.3. The molecule has 0 spiro atoms. The van der Waals surface area contributed by atoms with Gasteiger partial charge in [-0.2, -0.15) is 0 Å². The molecule has 0 bridgehead atoms. The Labute approximate surface area is 122 Å². The van der Waals surface area contributed by atoms with Gasteiger partial charge >= 0.3 is 5.97 Å². The van der Waals surface area contributed by atoms with Gasteiger partial charge in [0.1, 0.15) is 12.4 Å². The number of nitrogen functional groups attached to an aromatic ring is 2. The molecule has 1 heterocycles. The first-order valence-corrected chi connectivity index (χ1v) is 6.68. The first-order valence-electron chi connectivity index (χ1n) is 6.68. The number of para-hydroxylation sites is 1. The van der Waals surface area contributed by atoms with Gasteiger partial charge in [0.25, 0.3) is 0 Å². The third-order valence-corrected chi connectivity index (χ3v) is 3.43. The fourth-order valence-electron chi connectivity index (χ4n) is 2.42. The molecule has 1 atom stereocenters. The predicted molar refractivity (Wildman–Crippen MR) is 80.2 cm³/mol. The zero-order valence-corrected chi connectivity index (χ0v) is 11.4. The Hall–Kier alpha value is -2.69. The SMILES string of the molecule is Nc1cc(N)cc(C(=O)OCC2COc3ccccc32)c1. The number of hydrogen-bond donors (Lipinski definition) is 2. The maximum atomic E-state index is 12.0. The van der Waals surface area contributed by atoms with Crippen molar-refractivity contribution in [1.29, 1.82) is 0 Å². The van der Waals surface area contributed by atoms with Crippen LogP contribution >= 0.6 is 0 Å². The molecule has 0 aromatic heterocycles. The van der Waals surface area contributed by atoms with Crippen LogP contribution in [0, 0.1) is 0 Å². The van der Waals surface area contributed by atoms with Crippen LogP contribution in [0.15, 0.2) is 42.5 Å². The Morgan fingerprint density at radius 2 is 1.90 bits per heavy atom. The van der Waals surface area contributed by atoms with E-state index < -0.39 is 5.97 Å². The molecule has 0 radical (unpaired) electrons. The molecule has 5 heteroatoms. The van der Waals surface area contributed by atoms with Crippen molar-refractivity contribution in [3.05, 3.63) is 53.6 Å². The number of rotatable bonds is 3. The van der Waals surface area contributed by atoms with Crippen molar-refractivity contribution in [2.75, 3.05) is 24.7 Å². The third-order valence-electron chi connectivity index (χ3n) is 3.43. The summed E-state index contributed by atoms with van der Waals surface area (Å²) >= 11 is 0. The molecule has 5 nitrogen and oxygen atoms in total. The highest BCUT2D eigenvalue weighted by molar-refractivity contribution is 5.91. The Morgan fingerprint density at radius 3 is 2.67 bits per heavy atom. The van der Waals surface area contributed by atoms with Crippen molar-refractivity contribution in [3.8, 4) is 5.75 Å². The predicted octanol–water partition coefficient (Wildman–Crippen LogP) is 2.18. The number of nitrogens with two attached hydrogens (primary N) is 2. The van der Waals surface area contributed by atoms with Crippen LogP contribution in [0.2, 0.25) is 0 Å². The molecule has 3 rings (SSSR count). The van der Waals surface area contributed by atoms with Crippen LogP contribution in [-0.4, -0.2) is 19.2 Å². The molecular weight excluding hydrogens is 268 g/mol. The number of benzene rings is 2. The lowest BCUT2D eigenvalue weighted by Crippen LogP contribution is -2.14. The Bertz CT molecular complexity index is 665. The second-order valence-corrected chi connectivity index (χ2v) is 5.03. The maximum Gasteiger partial charge on any atom is 0.338 e. The number of anilines is 2. The molecule has 2 aromatic rings. The third kappa shape index (κ3) is 2.76. The van der Waals surface area contributed by atoms with Gasteiger partial charge in [0.05, 0.1) is 18.1 Å². The Morgan fingerprint density at radius 1 is 1.19 bits per heavy atom. The van der Waals surface area contributed by atoms with Gasteiger partial charge in [-0.3, -0.25) is 0 Å². The average Bonchev–Trinajstić information content (AvgIpc) is 2.87. The smallest absolute Gasteiger partial charge is 0.338 e. The molecule has 1 unspecified atom stereocenters. The van der Waals surface area contributed by atoms with E-state index in [1.807, 2.05) is 24.3 Å². The molecule has 2 aromatic carbocycles. The summed E-state index contributed by atoms with van der Waals surface area (Å²) in [4.78, 5) is 12.0. The zero-order valence-electron chi connectivity index (χ0n) is 11.4. The number of hydrogen-bond acceptors (Lipinski definition) is 5. The molecule has 108 valence electrons. The minimum absolute atomic E-state index is 0.0588. The standard InChI is InChI=1S/C16H16N2O3/c17-12-5-10(6-13(18)7-12)16(19)21-9-11-8-20-15-4-2-1-3-14(11)15/h1-7,11H,8-9,17-18H2. The largest absolute Gasteiger partial charge is 0.493 e. The summed E-state index contributed by atoms with van der Waals surface area (Å²) < 4.78 is 10.9. The van der Waals surface area contributed by atoms with Crippen LogP contribution in [-0.2, 0) is 4.74 Å². The van der Waals surface area contributed by atoms with Crippen LogP contribution in [0.25, 0.3) is 0 Å². The zero-order chi connectivity index (χ0) is 14.8. The highest BCUT2D eigenvalue weighted by Gasteiger charge is 2.25. The summed E-state index contributed by atoms with van der Waals surface area (Å²) in [5, 5.41) is 0. The van der Waals surface area contributed by atoms with E-state index >= 15 is 0 Å². The molecule has 4 N–H and O–H groups in total. The number of carbonyl (C=O) groups excluding carboxylic acids is 1. The van der Waals surface area contributed by atoms with E-state index in [0.29, 0.717) is 23.5 Å². The molecular formula is C16H16N2O3. The van der Waals surface area contributed by atoms with Crippen LogP contribution < -0.4 is 16.2 Å². The molecule has 0 amide bonds. The minimum atomic E-state index is -0.432. The lowest BCUT2D eigenvalue weighted by molar-refractivity contribution is 0.0471. The monoisotopic (exact) mass is 284 g/mol. The van der Waals surface area contributed by atoms with E-state index in [4.69, 9.17) is 20.9 Å². The van der Waals surface area contributed by atoms with Crippen molar-refractivity contribution < 1.29 is 14.3 Å². The lowest BCUT2D eigenvalue weighted by atomic mass is 10.0. The first-order chi connectivity index (χ1) is 10.1. The summed E-state index contributed by atoms with van der Waals surface area (Å²) in [6.07, 6.45) is 0. The molecule has 0 aliphatic carbocycles. The van der Waals surface area contributed by atoms with E-state index in [2.05, 4.69) is 0 Å². The molecule has 0 saturated heterocycles. The quantitative estimate of drug-likeness (QED) is 0.666. The fraction of sp³-hybridized carbons (Fsp3) is 0.188. The molecule has 1 aliphatic rings. The topological polar surface area (TPSA) is 87.6 Å². The highest BCUT2D eigenvalue weighted by atomic mass is 16.5. The van der Waals surface area contributed by atoms with Gasteiger partial charge in [-0.05, 0) is 24.3 Å². The van der Waals surface area contributed by atoms with Crippen molar-refractivity contribution in [2.24, 2.45) is 0 Å². The summed E-state index contributed by atoms with van der Waals surface area (Å²) in [6.45, 7) is 0.788. The van der Waals surface area contributed by atoms with Crippen LogP contribution in [0.5, 0.6) is 5.75 Å². The average molecular weight is 284 g/mol. The summed E-state index contributed by atoms with van der Waals surface area (Å²) in [6, 6.07) is 12.5. The highest BCUT2D eigenvalue weighted by Crippen LogP contribution is 2.33. The van der Waals surface area contributed by atoms with E-state index in [1.165, 1.54) is 0 Å². The normalized spacial score (nSPS) is 16.1. The molecule has 21 heavy (non-hydrogen) atoms. The van der Waals surface area contributed by atoms with Crippen molar-refractivity contribution in [2.45, 2.75) is 5.92 Å². The van der Waals surface area contributed by atoms with Gasteiger partial charge in [0.15, 0.2) is 0 Å².